The Labute approximate surface area is 102 Å². The van der Waals surface area contributed by atoms with E-state index in [4.69, 9.17) is 0 Å². The lowest BCUT2D eigenvalue weighted by molar-refractivity contribution is 0.247. The number of nitrogens with zero attached hydrogens (tertiary/aromatic N) is 1. The third kappa shape index (κ3) is 2.64. The zero-order chi connectivity index (χ0) is 12.7. The molecule has 0 amide bonds. The van der Waals surface area contributed by atoms with E-state index in [1.807, 2.05) is 6.92 Å². The standard InChI is InChI=1S/C9H18N2O4S2/c1-2-5-17(14,15)11-4-3-10-8-6-16(12,13)7-9(8)11/h8-10H,2-7H2,1H3/t8-,9+/m0/s1. The molecular weight excluding hydrogens is 264 g/mol. The molecule has 2 fully saturated rings. The van der Waals surface area contributed by atoms with Gasteiger partial charge in [0, 0.05) is 19.1 Å². The van der Waals surface area contributed by atoms with Crippen molar-refractivity contribution in [2.45, 2.75) is 25.4 Å². The Morgan fingerprint density at radius 1 is 1.35 bits per heavy atom. The summed E-state index contributed by atoms with van der Waals surface area (Å²) in [6, 6.07) is -0.648. The van der Waals surface area contributed by atoms with E-state index in [1.165, 1.54) is 4.31 Å². The largest absolute Gasteiger partial charge is 0.310 e. The van der Waals surface area contributed by atoms with Crippen molar-refractivity contribution in [3.63, 3.8) is 0 Å². The molecule has 2 heterocycles. The first-order valence-corrected chi connectivity index (χ1v) is 9.22. The van der Waals surface area contributed by atoms with Gasteiger partial charge in [0.1, 0.15) is 0 Å². The van der Waals surface area contributed by atoms with Crippen molar-refractivity contribution in [3.8, 4) is 0 Å². The van der Waals surface area contributed by atoms with Gasteiger partial charge >= 0.3 is 0 Å². The summed E-state index contributed by atoms with van der Waals surface area (Å²) in [6.45, 7) is 2.71. The molecule has 0 radical (unpaired) electrons. The lowest BCUT2D eigenvalue weighted by Gasteiger charge is -2.36. The fourth-order valence-electron chi connectivity index (χ4n) is 2.55. The van der Waals surface area contributed by atoms with Crippen molar-refractivity contribution in [1.82, 2.24) is 9.62 Å². The summed E-state index contributed by atoms with van der Waals surface area (Å²) in [5, 5.41) is 3.10. The molecule has 0 unspecified atom stereocenters. The topological polar surface area (TPSA) is 83.6 Å². The Morgan fingerprint density at radius 2 is 2.06 bits per heavy atom. The molecule has 2 saturated heterocycles. The molecule has 6 nitrogen and oxygen atoms in total. The minimum atomic E-state index is -3.31. The van der Waals surface area contributed by atoms with Crippen LogP contribution in [0, 0.1) is 0 Å². The van der Waals surface area contributed by atoms with Crippen LogP contribution in [0.5, 0.6) is 0 Å². The lowest BCUT2D eigenvalue weighted by Crippen LogP contribution is -2.59. The number of hydrogen-bond donors (Lipinski definition) is 1. The molecule has 0 spiro atoms. The fraction of sp³-hybridized carbons (Fsp3) is 1.00. The van der Waals surface area contributed by atoms with Crippen LogP contribution in [-0.4, -0.2) is 63.6 Å². The van der Waals surface area contributed by atoms with Crippen molar-refractivity contribution >= 4 is 19.9 Å². The Hall–Kier alpha value is -0.180. The second-order valence-corrected chi connectivity index (χ2v) is 8.83. The first-order valence-electron chi connectivity index (χ1n) is 5.79. The maximum absolute atomic E-state index is 12.0. The zero-order valence-electron chi connectivity index (χ0n) is 9.79. The highest BCUT2D eigenvalue weighted by Gasteiger charge is 2.46. The molecule has 2 rings (SSSR count). The molecule has 0 aliphatic carbocycles. The number of fused-ring (bicyclic) bond motifs is 1. The summed E-state index contributed by atoms with van der Waals surface area (Å²) in [4.78, 5) is 0. The maximum Gasteiger partial charge on any atom is 0.214 e. The second kappa shape index (κ2) is 4.49. The predicted molar refractivity (Wildman–Crippen MR) is 65.0 cm³/mol. The van der Waals surface area contributed by atoms with Gasteiger partial charge < -0.3 is 5.32 Å². The van der Waals surface area contributed by atoms with Gasteiger partial charge in [0.25, 0.3) is 0 Å². The van der Waals surface area contributed by atoms with Crippen LogP contribution >= 0.6 is 0 Å². The third-order valence-electron chi connectivity index (χ3n) is 3.25. The molecule has 2 atom stereocenters. The van der Waals surface area contributed by atoms with Gasteiger partial charge in [-0.3, -0.25) is 0 Å². The smallest absolute Gasteiger partial charge is 0.214 e. The van der Waals surface area contributed by atoms with Crippen molar-refractivity contribution in [2.24, 2.45) is 0 Å². The van der Waals surface area contributed by atoms with Crippen LogP contribution in [0.2, 0.25) is 0 Å². The van der Waals surface area contributed by atoms with E-state index in [1.54, 1.807) is 0 Å². The number of nitrogens with one attached hydrogen (secondary N) is 1. The summed E-state index contributed by atoms with van der Waals surface area (Å²) in [6.07, 6.45) is 0.552. The predicted octanol–water partition coefficient (Wildman–Crippen LogP) is -1.20. The van der Waals surface area contributed by atoms with Crippen molar-refractivity contribution in [1.29, 1.82) is 0 Å². The highest BCUT2D eigenvalue weighted by Crippen LogP contribution is 2.24. The van der Waals surface area contributed by atoms with Gasteiger partial charge in [-0.2, -0.15) is 4.31 Å². The van der Waals surface area contributed by atoms with E-state index >= 15 is 0 Å². The molecule has 2 aliphatic heterocycles. The minimum absolute atomic E-state index is 0.0480. The van der Waals surface area contributed by atoms with Gasteiger partial charge in [-0.15, -0.1) is 0 Å². The molecule has 2 aliphatic rings. The van der Waals surface area contributed by atoms with Gasteiger partial charge in [0.15, 0.2) is 9.84 Å². The van der Waals surface area contributed by atoms with Gasteiger partial charge in [-0.05, 0) is 6.42 Å². The molecule has 0 aromatic rings. The molecule has 100 valence electrons. The monoisotopic (exact) mass is 282 g/mol. The van der Waals surface area contributed by atoms with E-state index in [-0.39, 0.29) is 23.3 Å². The van der Waals surface area contributed by atoms with Crippen molar-refractivity contribution < 1.29 is 16.8 Å². The summed E-state index contributed by atoms with van der Waals surface area (Å²) in [7, 11) is -6.41. The van der Waals surface area contributed by atoms with Crippen LogP contribution in [-0.2, 0) is 19.9 Å². The van der Waals surface area contributed by atoms with Gasteiger partial charge in [0.2, 0.25) is 10.0 Å². The lowest BCUT2D eigenvalue weighted by atomic mass is 10.1. The van der Waals surface area contributed by atoms with Crippen LogP contribution in [0.1, 0.15) is 13.3 Å². The summed E-state index contributed by atoms with van der Waals surface area (Å²) < 4.78 is 48.6. The van der Waals surface area contributed by atoms with Crippen molar-refractivity contribution in [3.05, 3.63) is 0 Å². The first-order chi connectivity index (χ1) is 7.86. The fourth-order valence-corrected chi connectivity index (χ4v) is 6.36. The molecule has 0 saturated carbocycles. The molecule has 0 aromatic carbocycles. The number of piperazine rings is 1. The quantitative estimate of drug-likeness (QED) is 0.703. The van der Waals surface area contributed by atoms with E-state index in [2.05, 4.69) is 5.32 Å². The van der Waals surface area contributed by atoms with Crippen LogP contribution in [0.4, 0.5) is 0 Å². The molecule has 0 aromatic heterocycles. The Balaban J connectivity index is 2.25. The molecule has 17 heavy (non-hydrogen) atoms. The minimum Gasteiger partial charge on any atom is -0.310 e. The maximum atomic E-state index is 12.0. The van der Waals surface area contributed by atoms with Crippen LogP contribution < -0.4 is 5.32 Å². The normalized spacial score (nSPS) is 33.5. The molecular formula is C9H18N2O4S2. The second-order valence-electron chi connectivity index (χ2n) is 4.63. The average molecular weight is 282 g/mol. The first kappa shape index (κ1) is 13.3. The number of rotatable bonds is 3. The summed E-state index contributed by atoms with van der Waals surface area (Å²) in [5.74, 6) is 0.0969. The van der Waals surface area contributed by atoms with Crippen LogP contribution in [0.15, 0.2) is 0 Å². The SMILES string of the molecule is CCCS(=O)(=O)N1CCN[C@H]2CS(=O)(=O)C[C@H]21. The van der Waals surface area contributed by atoms with Gasteiger partial charge in [-0.25, -0.2) is 16.8 Å². The van der Waals surface area contributed by atoms with Crippen LogP contribution in [0.25, 0.3) is 0 Å². The molecule has 1 N–H and O–H groups in total. The van der Waals surface area contributed by atoms with E-state index < -0.39 is 25.9 Å². The highest BCUT2D eigenvalue weighted by molar-refractivity contribution is 7.92. The Kier molecular flexibility index (Phi) is 3.50. The van der Waals surface area contributed by atoms with Gasteiger partial charge in [-0.1, -0.05) is 6.92 Å². The van der Waals surface area contributed by atoms with E-state index in [9.17, 15) is 16.8 Å². The van der Waals surface area contributed by atoms with Gasteiger partial charge in [0.05, 0.1) is 23.3 Å². The number of sulfonamides is 1. The Bertz CT molecular complexity index is 485. The molecule has 0 bridgehead atoms. The van der Waals surface area contributed by atoms with Crippen molar-refractivity contribution in [2.75, 3.05) is 30.3 Å². The Morgan fingerprint density at radius 3 is 2.71 bits per heavy atom. The van der Waals surface area contributed by atoms with E-state index in [0.29, 0.717) is 19.5 Å². The summed E-state index contributed by atoms with van der Waals surface area (Å²) in [5.41, 5.74) is 0. The number of sulfone groups is 1. The molecule has 8 heteroatoms. The van der Waals surface area contributed by atoms with Crippen LogP contribution in [0.3, 0.4) is 0 Å². The van der Waals surface area contributed by atoms with E-state index in [0.717, 1.165) is 0 Å². The summed E-state index contributed by atoms with van der Waals surface area (Å²) >= 11 is 0. The number of hydrogen-bond acceptors (Lipinski definition) is 5. The zero-order valence-corrected chi connectivity index (χ0v) is 11.4. The highest BCUT2D eigenvalue weighted by atomic mass is 32.2. The average Bonchev–Trinajstić information content (AvgIpc) is 2.50. The third-order valence-corrected chi connectivity index (χ3v) is 7.06.